The Morgan fingerprint density at radius 2 is 1.97 bits per heavy atom. The third kappa shape index (κ3) is 3.72. The van der Waals surface area contributed by atoms with Gasteiger partial charge in [-0.25, -0.2) is 4.98 Å². The first kappa shape index (κ1) is 18.2. The highest BCUT2D eigenvalue weighted by molar-refractivity contribution is 7.18. The number of amides is 1. The standard InChI is InChI=1S/C23H22N2O3S/c26-22(11-9-16-8-10-19-20(15-16)28-14-4-13-27-19)25-12-3-6-18(25)23-24-17-5-1-2-7-21(17)29-23/h1-2,5,7-11,15,18H,3-4,6,12-14H2/b11-9+/t18-/m1/s1. The first-order valence-electron chi connectivity index (χ1n) is 10.0. The van der Waals surface area contributed by atoms with Crippen LogP contribution in [-0.2, 0) is 4.79 Å². The zero-order chi connectivity index (χ0) is 19.6. The molecule has 3 aromatic rings. The molecule has 1 saturated heterocycles. The predicted molar refractivity (Wildman–Crippen MR) is 114 cm³/mol. The normalized spacial score (nSPS) is 19.0. The molecule has 5 rings (SSSR count). The van der Waals surface area contributed by atoms with Gasteiger partial charge in [-0.1, -0.05) is 18.2 Å². The van der Waals surface area contributed by atoms with Crippen LogP contribution >= 0.6 is 11.3 Å². The Morgan fingerprint density at radius 3 is 2.86 bits per heavy atom. The highest BCUT2D eigenvalue weighted by atomic mass is 32.1. The molecule has 148 valence electrons. The van der Waals surface area contributed by atoms with Crippen LogP contribution in [0.5, 0.6) is 11.5 Å². The number of ether oxygens (including phenoxy) is 2. The van der Waals surface area contributed by atoms with E-state index in [4.69, 9.17) is 14.5 Å². The van der Waals surface area contributed by atoms with E-state index in [0.29, 0.717) is 13.2 Å². The second-order valence-electron chi connectivity index (χ2n) is 7.30. The average molecular weight is 407 g/mol. The van der Waals surface area contributed by atoms with Gasteiger partial charge in [0.2, 0.25) is 5.91 Å². The molecule has 3 heterocycles. The minimum absolute atomic E-state index is 0.0267. The lowest BCUT2D eigenvalue weighted by atomic mass is 10.2. The Bertz CT molecular complexity index is 1040. The summed E-state index contributed by atoms with van der Waals surface area (Å²) >= 11 is 1.69. The van der Waals surface area contributed by atoms with E-state index in [9.17, 15) is 4.79 Å². The average Bonchev–Trinajstić information content (AvgIpc) is 3.33. The zero-order valence-electron chi connectivity index (χ0n) is 16.0. The zero-order valence-corrected chi connectivity index (χ0v) is 16.9. The van der Waals surface area contributed by atoms with E-state index in [-0.39, 0.29) is 11.9 Å². The van der Waals surface area contributed by atoms with Crippen LogP contribution in [0, 0.1) is 0 Å². The number of carbonyl (C=O) groups excluding carboxylic acids is 1. The molecule has 0 aliphatic carbocycles. The molecule has 0 saturated carbocycles. The summed E-state index contributed by atoms with van der Waals surface area (Å²) in [5, 5.41) is 1.03. The van der Waals surface area contributed by atoms with Gasteiger partial charge in [0.15, 0.2) is 11.5 Å². The van der Waals surface area contributed by atoms with Crippen molar-refractivity contribution < 1.29 is 14.3 Å². The predicted octanol–water partition coefficient (Wildman–Crippen LogP) is 4.83. The third-order valence-corrected chi connectivity index (χ3v) is 6.46. The van der Waals surface area contributed by atoms with Crippen molar-refractivity contribution in [3.63, 3.8) is 0 Å². The van der Waals surface area contributed by atoms with Gasteiger partial charge in [0.1, 0.15) is 5.01 Å². The lowest BCUT2D eigenvalue weighted by molar-refractivity contribution is -0.126. The van der Waals surface area contributed by atoms with Crippen LogP contribution in [0.25, 0.3) is 16.3 Å². The van der Waals surface area contributed by atoms with Crippen molar-refractivity contribution in [2.24, 2.45) is 0 Å². The van der Waals surface area contributed by atoms with Gasteiger partial charge in [0.05, 0.1) is 29.5 Å². The molecular formula is C23H22N2O3S. The maximum absolute atomic E-state index is 12.9. The van der Waals surface area contributed by atoms with E-state index >= 15 is 0 Å². The molecule has 2 aliphatic rings. The molecule has 1 amide bonds. The maximum atomic E-state index is 12.9. The number of fused-ring (bicyclic) bond motifs is 2. The number of hydrogen-bond donors (Lipinski definition) is 0. The van der Waals surface area contributed by atoms with E-state index in [1.807, 2.05) is 47.4 Å². The monoisotopic (exact) mass is 406 g/mol. The first-order chi connectivity index (χ1) is 14.3. The summed E-state index contributed by atoms with van der Waals surface area (Å²) < 4.78 is 12.6. The Balaban J connectivity index is 1.34. The number of thiazole rings is 1. The lowest BCUT2D eigenvalue weighted by Gasteiger charge is -2.21. The van der Waals surface area contributed by atoms with Crippen molar-refractivity contribution in [1.82, 2.24) is 9.88 Å². The maximum Gasteiger partial charge on any atom is 0.247 e. The van der Waals surface area contributed by atoms with Crippen LogP contribution in [0.1, 0.15) is 35.9 Å². The first-order valence-corrected chi connectivity index (χ1v) is 10.8. The van der Waals surface area contributed by atoms with Gasteiger partial charge in [0.25, 0.3) is 0 Å². The molecule has 0 N–H and O–H groups in total. The lowest BCUT2D eigenvalue weighted by Crippen LogP contribution is -2.28. The number of likely N-dealkylation sites (tertiary alicyclic amines) is 1. The fourth-order valence-electron chi connectivity index (χ4n) is 3.87. The van der Waals surface area contributed by atoms with Crippen LogP contribution in [0.15, 0.2) is 48.5 Å². The number of hydrogen-bond acceptors (Lipinski definition) is 5. The van der Waals surface area contributed by atoms with Crippen molar-refractivity contribution in [3.05, 3.63) is 59.1 Å². The minimum Gasteiger partial charge on any atom is -0.490 e. The molecule has 2 aliphatic heterocycles. The van der Waals surface area contributed by atoms with Gasteiger partial charge in [-0.2, -0.15) is 0 Å². The Hall–Kier alpha value is -2.86. The van der Waals surface area contributed by atoms with E-state index in [1.54, 1.807) is 17.4 Å². The van der Waals surface area contributed by atoms with E-state index < -0.39 is 0 Å². The molecule has 1 aromatic heterocycles. The van der Waals surface area contributed by atoms with Gasteiger partial charge in [-0.05, 0) is 48.7 Å². The van der Waals surface area contributed by atoms with Gasteiger partial charge >= 0.3 is 0 Å². The summed E-state index contributed by atoms with van der Waals surface area (Å²) in [7, 11) is 0. The summed E-state index contributed by atoms with van der Waals surface area (Å²) in [6, 6.07) is 14.0. The van der Waals surface area contributed by atoms with Crippen molar-refractivity contribution in [2.75, 3.05) is 19.8 Å². The molecule has 5 nitrogen and oxygen atoms in total. The van der Waals surface area contributed by atoms with Crippen LogP contribution in [0.3, 0.4) is 0 Å². The largest absolute Gasteiger partial charge is 0.490 e. The summed E-state index contributed by atoms with van der Waals surface area (Å²) in [5.74, 6) is 1.53. The number of aromatic nitrogens is 1. The van der Waals surface area contributed by atoms with Crippen LogP contribution in [-0.4, -0.2) is 35.5 Å². The minimum atomic E-state index is 0.0267. The summed E-state index contributed by atoms with van der Waals surface area (Å²) in [4.78, 5) is 19.6. The molecular weight excluding hydrogens is 384 g/mol. The Labute approximate surface area is 173 Å². The Morgan fingerprint density at radius 1 is 1.10 bits per heavy atom. The van der Waals surface area contributed by atoms with E-state index in [2.05, 4.69) is 6.07 Å². The van der Waals surface area contributed by atoms with Crippen molar-refractivity contribution in [1.29, 1.82) is 0 Å². The second-order valence-corrected chi connectivity index (χ2v) is 8.36. The molecule has 0 unspecified atom stereocenters. The molecule has 1 atom stereocenters. The molecule has 1 fully saturated rings. The number of para-hydroxylation sites is 1. The molecule has 0 radical (unpaired) electrons. The second kappa shape index (κ2) is 7.87. The summed E-state index contributed by atoms with van der Waals surface area (Å²) in [6.07, 6.45) is 6.35. The smallest absolute Gasteiger partial charge is 0.247 e. The summed E-state index contributed by atoms with van der Waals surface area (Å²) in [5.41, 5.74) is 1.94. The van der Waals surface area contributed by atoms with Gasteiger partial charge in [-0.15, -0.1) is 11.3 Å². The topological polar surface area (TPSA) is 51.7 Å². The van der Waals surface area contributed by atoms with Crippen LogP contribution < -0.4 is 9.47 Å². The highest BCUT2D eigenvalue weighted by Gasteiger charge is 2.31. The van der Waals surface area contributed by atoms with Crippen molar-refractivity contribution >= 4 is 33.5 Å². The SMILES string of the molecule is O=C(/C=C/c1ccc2c(c1)OCCCO2)N1CCC[C@@H]1c1nc2ccccc2s1. The number of nitrogens with zero attached hydrogens (tertiary/aromatic N) is 2. The number of benzene rings is 2. The quantitative estimate of drug-likeness (QED) is 0.585. The summed E-state index contributed by atoms with van der Waals surface area (Å²) in [6.45, 7) is 2.09. The molecule has 0 spiro atoms. The Kier molecular flexibility index (Phi) is 4.94. The molecule has 0 bridgehead atoms. The number of rotatable bonds is 3. The van der Waals surface area contributed by atoms with Gasteiger partial charge in [0, 0.05) is 19.0 Å². The van der Waals surface area contributed by atoms with Gasteiger partial charge in [-0.3, -0.25) is 4.79 Å². The van der Waals surface area contributed by atoms with E-state index in [0.717, 1.165) is 53.4 Å². The number of carbonyl (C=O) groups is 1. The molecule has 2 aromatic carbocycles. The molecule has 6 heteroatoms. The van der Waals surface area contributed by atoms with Crippen molar-refractivity contribution in [3.8, 4) is 11.5 Å². The van der Waals surface area contributed by atoms with E-state index in [1.165, 1.54) is 4.70 Å². The van der Waals surface area contributed by atoms with Crippen LogP contribution in [0.4, 0.5) is 0 Å². The highest BCUT2D eigenvalue weighted by Crippen LogP contribution is 2.36. The molecule has 29 heavy (non-hydrogen) atoms. The van der Waals surface area contributed by atoms with Gasteiger partial charge < -0.3 is 14.4 Å². The van der Waals surface area contributed by atoms with Crippen molar-refractivity contribution in [2.45, 2.75) is 25.3 Å². The fraction of sp³-hybridized carbons (Fsp3) is 0.304. The van der Waals surface area contributed by atoms with Crippen LogP contribution in [0.2, 0.25) is 0 Å². The fourth-order valence-corrected chi connectivity index (χ4v) is 4.98. The third-order valence-electron chi connectivity index (χ3n) is 5.32.